The minimum Gasteiger partial charge on any atom is -0.361 e. The van der Waals surface area contributed by atoms with E-state index in [0.717, 1.165) is 5.69 Å². The minimum absolute atomic E-state index is 0.0000582. The third-order valence-corrected chi connectivity index (χ3v) is 3.84. The number of anilines is 2. The first-order valence-electron chi connectivity index (χ1n) is 8.62. The third-order valence-electron chi connectivity index (χ3n) is 3.84. The molecule has 0 aliphatic heterocycles. The SMILES string of the molecule is CCc1cc(NCC(=O)Nc2ccccn2)nc(-c2ccc([N+](=O)[O-])cc2)n1. The van der Waals surface area contributed by atoms with Crippen molar-refractivity contribution in [3.8, 4) is 11.4 Å². The summed E-state index contributed by atoms with van der Waals surface area (Å²) in [5.41, 5.74) is 1.44. The van der Waals surface area contributed by atoms with Crippen LogP contribution in [-0.2, 0) is 11.2 Å². The van der Waals surface area contributed by atoms with E-state index in [4.69, 9.17) is 0 Å². The first kappa shape index (κ1) is 18.9. The van der Waals surface area contributed by atoms with Gasteiger partial charge in [0.1, 0.15) is 11.6 Å². The molecule has 0 atom stereocenters. The molecule has 0 aliphatic rings. The van der Waals surface area contributed by atoms with E-state index in [0.29, 0.717) is 29.4 Å². The van der Waals surface area contributed by atoms with Crippen molar-refractivity contribution >= 4 is 23.2 Å². The molecule has 142 valence electrons. The van der Waals surface area contributed by atoms with Gasteiger partial charge in [0, 0.05) is 35.7 Å². The Balaban J connectivity index is 1.73. The maximum atomic E-state index is 12.1. The zero-order valence-corrected chi connectivity index (χ0v) is 15.1. The lowest BCUT2D eigenvalue weighted by Gasteiger charge is -2.10. The molecule has 0 fully saturated rings. The maximum Gasteiger partial charge on any atom is 0.269 e. The molecule has 0 saturated heterocycles. The van der Waals surface area contributed by atoms with Crippen LogP contribution in [0.4, 0.5) is 17.3 Å². The molecule has 2 N–H and O–H groups in total. The van der Waals surface area contributed by atoms with Crippen LogP contribution in [0.3, 0.4) is 0 Å². The quantitative estimate of drug-likeness (QED) is 0.478. The molecule has 9 nitrogen and oxygen atoms in total. The average molecular weight is 378 g/mol. The van der Waals surface area contributed by atoms with Gasteiger partial charge >= 0.3 is 0 Å². The molecule has 0 bridgehead atoms. The van der Waals surface area contributed by atoms with Crippen molar-refractivity contribution in [1.29, 1.82) is 0 Å². The number of carbonyl (C=O) groups is 1. The number of amides is 1. The Labute approximate surface area is 161 Å². The van der Waals surface area contributed by atoms with Crippen LogP contribution >= 0.6 is 0 Å². The van der Waals surface area contributed by atoms with Crippen molar-refractivity contribution in [3.63, 3.8) is 0 Å². The molecule has 28 heavy (non-hydrogen) atoms. The van der Waals surface area contributed by atoms with Crippen molar-refractivity contribution in [2.75, 3.05) is 17.2 Å². The number of carbonyl (C=O) groups excluding carboxylic acids is 1. The molecule has 0 saturated carbocycles. The van der Waals surface area contributed by atoms with Crippen molar-refractivity contribution in [2.24, 2.45) is 0 Å². The number of rotatable bonds is 7. The van der Waals surface area contributed by atoms with Gasteiger partial charge < -0.3 is 10.6 Å². The predicted molar refractivity (Wildman–Crippen MR) is 105 cm³/mol. The van der Waals surface area contributed by atoms with Gasteiger partial charge in [-0.15, -0.1) is 0 Å². The highest BCUT2D eigenvalue weighted by molar-refractivity contribution is 5.92. The Morgan fingerprint density at radius 3 is 2.54 bits per heavy atom. The Hall–Kier alpha value is -3.88. The zero-order chi connectivity index (χ0) is 19.9. The Bertz CT molecular complexity index is 977. The number of non-ortho nitro benzene ring substituents is 1. The summed E-state index contributed by atoms with van der Waals surface area (Å²) < 4.78 is 0. The monoisotopic (exact) mass is 378 g/mol. The first-order chi connectivity index (χ1) is 13.5. The number of aryl methyl sites for hydroxylation is 1. The van der Waals surface area contributed by atoms with Gasteiger partial charge in [-0.05, 0) is 30.7 Å². The second-order valence-electron chi connectivity index (χ2n) is 5.84. The lowest BCUT2D eigenvalue weighted by molar-refractivity contribution is -0.384. The van der Waals surface area contributed by atoms with Crippen LogP contribution in [-0.4, -0.2) is 32.3 Å². The molecule has 2 aromatic heterocycles. The van der Waals surface area contributed by atoms with Crippen LogP contribution in [0, 0.1) is 10.1 Å². The number of hydrogen-bond acceptors (Lipinski definition) is 7. The summed E-state index contributed by atoms with van der Waals surface area (Å²) in [5, 5.41) is 16.5. The van der Waals surface area contributed by atoms with E-state index < -0.39 is 4.92 Å². The van der Waals surface area contributed by atoms with Crippen LogP contribution in [0.1, 0.15) is 12.6 Å². The van der Waals surface area contributed by atoms with Gasteiger partial charge in [0.05, 0.1) is 11.5 Å². The zero-order valence-electron chi connectivity index (χ0n) is 15.1. The summed E-state index contributed by atoms with van der Waals surface area (Å²) in [5.74, 6) is 1.14. The number of nitrogens with zero attached hydrogens (tertiary/aromatic N) is 4. The molecule has 3 aromatic rings. The van der Waals surface area contributed by atoms with E-state index in [2.05, 4.69) is 25.6 Å². The highest BCUT2D eigenvalue weighted by atomic mass is 16.6. The summed E-state index contributed by atoms with van der Waals surface area (Å²) in [6, 6.07) is 13.0. The third kappa shape index (κ3) is 4.85. The molecule has 0 unspecified atom stereocenters. The van der Waals surface area contributed by atoms with Crippen molar-refractivity contribution in [3.05, 3.63) is 70.5 Å². The molecule has 1 aromatic carbocycles. The summed E-state index contributed by atoms with van der Waals surface area (Å²) in [7, 11) is 0. The maximum absolute atomic E-state index is 12.1. The first-order valence-corrected chi connectivity index (χ1v) is 8.62. The number of aromatic nitrogens is 3. The molecular weight excluding hydrogens is 360 g/mol. The van der Waals surface area contributed by atoms with Gasteiger partial charge in [0.15, 0.2) is 5.82 Å². The van der Waals surface area contributed by atoms with Gasteiger partial charge in [-0.25, -0.2) is 15.0 Å². The van der Waals surface area contributed by atoms with Crippen LogP contribution in [0.2, 0.25) is 0 Å². The van der Waals surface area contributed by atoms with E-state index in [1.165, 1.54) is 12.1 Å². The fourth-order valence-corrected chi connectivity index (χ4v) is 2.43. The fourth-order valence-electron chi connectivity index (χ4n) is 2.43. The van der Waals surface area contributed by atoms with Gasteiger partial charge in [-0.1, -0.05) is 13.0 Å². The minimum atomic E-state index is -0.458. The topological polar surface area (TPSA) is 123 Å². The summed E-state index contributed by atoms with van der Waals surface area (Å²) in [4.78, 5) is 35.3. The molecule has 0 spiro atoms. The van der Waals surface area contributed by atoms with E-state index >= 15 is 0 Å². The highest BCUT2D eigenvalue weighted by Crippen LogP contribution is 2.21. The highest BCUT2D eigenvalue weighted by Gasteiger charge is 2.10. The number of nitrogens with one attached hydrogen (secondary N) is 2. The number of benzene rings is 1. The lowest BCUT2D eigenvalue weighted by Crippen LogP contribution is -2.22. The summed E-state index contributed by atoms with van der Waals surface area (Å²) >= 11 is 0. The van der Waals surface area contributed by atoms with Gasteiger partial charge in [0.25, 0.3) is 5.69 Å². The van der Waals surface area contributed by atoms with E-state index in [-0.39, 0.29) is 18.1 Å². The summed E-state index contributed by atoms with van der Waals surface area (Å²) in [6.07, 6.45) is 2.27. The second-order valence-corrected chi connectivity index (χ2v) is 5.84. The second kappa shape index (κ2) is 8.67. The molecule has 0 aliphatic carbocycles. The van der Waals surface area contributed by atoms with Crippen LogP contribution < -0.4 is 10.6 Å². The average Bonchev–Trinajstić information content (AvgIpc) is 2.73. The fraction of sp³-hybridized carbons (Fsp3) is 0.158. The van der Waals surface area contributed by atoms with Crippen molar-refractivity contribution in [1.82, 2.24) is 15.0 Å². The molecule has 2 heterocycles. The van der Waals surface area contributed by atoms with E-state index in [1.807, 2.05) is 6.92 Å². The number of pyridine rings is 1. The lowest BCUT2D eigenvalue weighted by atomic mass is 10.2. The Morgan fingerprint density at radius 2 is 1.89 bits per heavy atom. The molecule has 9 heteroatoms. The van der Waals surface area contributed by atoms with Crippen LogP contribution in [0.25, 0.3) is 11.4 Å². The largest absolute Gasteiger partial charge is 0.361 e. The van der Waals surface area contributed by atoms with Crippen LogP contribution in [0.15, 0.2) is 54.7 Å². The van der Waals surface area contributed by atoms with Gasteiger partial charge in [0.2, 0.25) is 5.91 Å². The number of nitro groups is 1. The molecule has 3 rings (SSSR count). The molecule has 0 radical (unpaired) electrons. The predicted octanol–water partition coefficient (Wildman–Crippen LogP) is 3.06. The van der Waals surface area contributed by atoms with Crippen molar-refractivity contribution in [2.45, 2.75) is 13.3 Å². The Kier molecular flexibility index (Phi) is 5.85. The van der Waals surface area contributed by atoms with Crippen LogP contribution in [0.5, 0.6) is 0 Å². The summed E-state index contributed by atoms with van der Waals surface area (Å²) in [6.45, 7) is 1.97. The molecular formula is C19H18N6O3. The smallest absolute Gasteiger partial charge is 0.269 e. The molecule has 1 amide bonds. The Morgan fingerprint density at radius 1 is 1.11 bits per heavy atom. The van der Waals surface area contributed by atoms with Crippen molar-refractivity contribution < 1.29 is 9.72 Å². The van der Waals surface area contributed by atoms with E-state index in [1.54, 1.807) is 42.6 Å². The standard InChI is InChI=1S/C19H18N6O3/c1-2-14-11-17(21-12-18(26)23-16-5-3-4-10-20-16)24-19(22-14)13-6-8-15(9-7-13)25(27)28/h3-11H,2,12H2,1H3,(H,20,23,26)(H,21,22,24). The van der Waals surface area contributed by atoms with E-state index in [9.17, 15) is 14.9 Å². The van der Waals surface area contributed by atoms with Gasteiger partial charge in [-0.2, -0.15) is 0 Å². The van der Waals surface area contributed by atoms with Gasteiger partial charge in [-0.3, -0.25) is 14.9 Å². The normalized spacial score (nSPS) is 10.3. The number of nitro benzene ring substituents is 1. The number of hydrogen-bond donors (Lipinski definition) is 2.